The zero-order valence-electron chi connectivity index (χ0n) is 20.3. The van der Waals surface area contributed by atoms with E-state index >= 15 is 0 Å². The predicted molar refractivity (Wildman–Crippen MR) is 144 cm³/mol. The molecule has 2 amide bonds. The van der Waals surface area contributed by atoms with Gasteiger partial charge in [0, 0.05) is 38.7 Å². The lowest BCUT2D eigenvalue weighted by Gasteiger charge is -2.35. The Morgan fingerprint density at radius 3 is 2.33 bits per heavy atom. The summed E-state index contributed by atoms with van der Waals surface area (Å²) in [7, 11) is 0. The van der Waals surface area contributed by atoms with Gasteiger partial charge in [0.1, 0.15) is 11.0 Å². The van der Waals surface area contributed by atoms with Crippen LogP contribution in [0.25, 0.3) is 0 Å². The Bertz CT molecular complexity index is 1160. The molecule has 1 saturated heterocycles. The van der Waals surface area contributed by atoms with Crippen molar-refractivity contribution in [1.82, 2.24) is 20.2 Å². The first-order valence-corrected chi connectivity index (χ1v) is 13.5. The van der Waals surface area contributed by atoms with Gasteiger partial charge in [-0.25, -0.2) is 9.97 Å². The number of hydrogen-bond donors (Lipinski definition) is 1. The van der Waals surface area contributed by atoms with Gasteiger partial charge in [0.05, 0.1) is 11.8 Å². The van der Waals surface area contributed by atoms with Gasteiger partial charge in [-0.3, -0.25) is 9.59 Å². The molecule has 0 saturated carbocycles. The molecule has 1 N–H and O–H groups in total. The van der Waals surface area contributed by atoms with Crippen molar-refractivity contribution in [2.24, 2.45) is 0 Å². The van der Waals surface area contributed by atoms with E-state index in [0.717, 1.165) is 11.1 Å². The second-order valence-corrected chi connectivity index (χ2v) is 9.89. The van der Waals surface area contributed by atoms with E-state index in [2.05, 4.69) is 32.3 Å². The Hall–Kier alpha value is -3.10. The predicted octanol–water partition coefficient (Wildman–Crippen LogP) is 4.38. The quantitative estimate of drug-likeness (QED) is 0.255. The van der Waals surface area contributed by atoms with Crippen LogP contribution in [0.5, 0.6) is 0 Å². The highest BCUT2D eigenvalue weighted by Crippen LogP contribution is 2.24. The van der Waals surface area contributed by atoms with E-state index in [1.165, 1.54) is 11.8 Å². The van der Waals surface area contributed by atoms with E-state index < -0.39 is 0 Å². The molecule has 2 heterocycles. The zero-order chi connectivity index (χ0) is 25.3. The number of hydrogen-bond acceptors (Lipinski definition) is 6. The minimum Gasteiger partial charge on any atom is -0.353 e. The molecule has 0 aliphatic carbocycles. The minimum atomic E-state index is -0.139. The molecule has 0 spiro atoms. The molecule has 36 heavy (non-hydrogen) atoms. The number of carbonyl (C=O) groups excluding carboxylic acids is 2. The van der Waals surface area contributed by atoms with Crippen LogP contribution in [0.2, 0.25) is 5.15 Å². The molecular weight excluding hydrogens is 494 g/mol. The van der Waals surface area contributed by atoms with Crippen molar-refractivity contribution in [3.63, 3.8) is 0 Å². The average molecular weight is 524 g/mol. The summed E-state index contributed by atoms with van der Waals surface area (Å²) in [5.41, 5.74) is 2.21. The maximum atomic E-state index is 12.9. The fourth-order valence-electron chi connectivity index (χ4n) is 4.17. The van der Waals surface area contributed by atoms with Crippen LogP contribution in [0, 0.1) is 0 Å². The van der Waals surface area contributed by atoms with Crippen molar-refractivity contribution in [2.75, 3.05) is 36.8 Å². The van der Waals surface area contributed by atoms with Gasteiger partial charge in [-0.15, -0.1) is 0 Å². The number of amides is 2. The number of thioether (sulfide) groups is 1. The summed E-state index contributed by atoms with van der Waals surface area (Å²) in [6, 6.07) is 21.7. The first-order valence-electron chi connectivity index (χ1n) is 12.1. The summed E-state index contributed by atoms with van der Waals surface area (Å²) < 4.78 is 0. The maximum Gasteiger partial charge on any atom is 0.230 e. The summed E-state index contributed by atoms with van der Waals surface area (Å²) in [4.78, 5) is 37.8. The van der Waals surface area contributed by atoms with Crippen LogP contribution in [0.1, 0.15) is 30.5 Å². The van der Waals surface area contributed by atoms with E-state index in [9.17, 15) is 9.59 Å². The van der Waals surface area contributed by atoms with Crippen LogP contribution in [-0.4, -0.2) is 58.6 Å². The van der Waals surface area contributed by atoms with Crippen molar-refractivity contribution < 1.29 is 9.59 Å². The molecule has 2 aromatic carbocycles. The highest BCUT2D eigenvalue weighted by molar-refractivity contribution is 7.99. The Balaban J connectivity index is 1.37. The third kappa shape index (κ3) is 7.21. The topological polar surface area (TPSA) is 78.4 Å². The molecular formula is C27H30ClN5O2S. The summed E-state index contributed by atoms with van der Waals surface area (Å²) in [5, 5.41) is 3.96. The number of rotatable bonds is 9. The highest BCUT2D eigenvalue weighted by Gasteiger charge is 2.22. The molecule has 3 aromatic rings. The first-order chi connectivity index (χ1) is 17.5. The van der Waals surface area contributed by atoms with E-state index in [1.807, 2.05) is 60.4 Å². The number of halogens is 1. The average Bonchev–Trinajstić information content (AvgIpc) is 2.92. The molecule has 1 unspecified atom stereocenters. The number of carbonyl (C=O) groups is 2. The number of nitrogens with one attached hydrogen (secondary N) is 1. The molecule has 0 radical (unpaired) electrons. The van der Waals surface area contributed by atoms with Gasteiger partial charge in [0.15, 0.2) is 5.16 Å². The van der Waals surface area contributed by atoms with Crippen LogP contribution in [0.4, 0.5) is 5.82 Å². The fraction of sp³-hybridized carbons (Fsp3) is 0.333. The van der Waals surface area contributed by atoms with Gasteiger partial charge in [-0.05, 0) is 17.5 Å². The summed E-state index contributed by atoms with van der Waals surface area (Å²) in [5.74, 6) is 0.962. The Kier molecular flexibility index (Phi) is 9.19. The van der Waals surface area contributed by atoms with E-state index in [4.69, 9.17) is 11.6 Å². The lowest BCUT2D eigenvalue weighted by atomic mass is 9.99. The lowest BCUT2D eigenvalue weighted by molar-refractivity contribution is -0.131. The molecule has 4 rings (SSSR count). The number of benzene rings is 2. The molecule has 9 heteroatoms. The monoisotopic (exact) mass is 523 g/mol. The van der Waals surface area contributed by atoms with Crippen molar-refractivity contribution >= 4 is 41.0 Å². The summed E-state index contributed by atoms with van der Waals surface area (Å²) >= 11 is 7.55. The van der Waals surface area contributed by atoms with Gasteiger partial charge in [0.2, 0.25) is 11.8 Å². The Morgan fingerprint density at radius 1 is 1.00 bits per heavy atom. The first kappa shape index (κ1) is 26.0. The zero-order valence-corrected chi connectivity index (χ0v) is 21.8. The van der Waals surface area contributed by atoms with Crippen LogP contribution >= 0.6 is 23.4 Å². The summed E-state index contributed by atoms with van der Waals surface area (Å²) in [6.07, 6.45) is 1.21. The van der Waals surface area contributed by atoms with Crippen LogP contribution in [-0.2, 0) is 16.0 Å². The second-order valence-electron chi connectivity index (χ2n) is 8.56. The molecule has 1 aromatic heterocycles. The van der Waals surface area contributed by atoms with E-state index in [1.54, 1.807) is 6.07 Å². The second kappa shape index (κ2) is 12.7. The normalized spacial score (nSPS) is 14.4. The van der Waals surface area contributed by atoms with Gasteiger partial charge in [-0.1, -0.05) is 91.0 Å². The Labute approximate surface area is 221 Å². The SMILES string of the molecule is CCC(=O)N1CCN(c2cc(Cl)nc(SCC(=O)NC(Cc3ccccc3)c3ccccc3)n2)CC1. The molecule has 188 valence electrons. The van der Waals surface area contributed by atoms with Crippen molar-refractivity contribution in [3.05, 3.63) is 83.0 Å². The smallest absolute Gasteiger partial charge is 0.230 e. The molecule has 1 aliphatic heterocycles. The molecule has 1 aliphatic rings. The number of nitrogens with zero attached hydrogens (tertiary/aromatic N) is 4. The van der Waals surface area contributed by atoms with Gasteiger partial charge < -0.3 is 15.1 Å². The van der Waals surface area contributed by atoms with Crippen molar-refractivity contribution in [2.45, 2.75) is 31.0 Å². The van der Waals surface area contributed by atoms with E-state index in [-0.39, 0.29) is 23.6 Å². The third-order valence-corrected chi connectivity index (χ3v) is 7.11. The van der Waals surface area contributed by atoms with Crippen LogP contribution in [0.3, 0.4) is 0 Å². The van der Waals surface area contributed by atoms with Crippen molar-refractivity contribution in [1.29, 1.82) is 0 Å². The standard InChI is InChI=1S/C27H30ClN5O2S/c1-2-26(35)33-15-13-32(14-16-33)24-18-23(28)30-27(31-24)36-19-25(34)29-22(21-11-7-4-8-12-21)17-20-9-5-3-6-10-20/h3-12,18,22H,2,13-17,19H2,1H3,(H,29,34). The summed E-state index contributed by atoms with van der Waals surface area (Å²) in [6.45, 7) is 4.55. The molecule has 0 bridgehead atoms. The van der Waals surface area contributed by atoms with Crippen molar-refractivity contribution in [3.8, 4) is 0 Å². The third-order valence-electron chi connectivity index (χ3n) is 6.07. The molecule has 7 nitrogen and oxygen atoms in total. The van der Waals surface area contributed by atoms with Gasteiger partial charge >= 0.3 is 0 Å². The molecule has 1 atom stereocenters. The van der Waals surface area contributed by atoms with Crippen LogP contribution < -0.4 is 10.2 Å². The molecule has 1 fully saturated rings. The highest BCUT2D eigenvalue weighted by atomic mass is 35.5. The largest absolute Gasteiger partial charge is 0.353 e. The number of aromatic nitrogens is 2. The maximum absolute atomic E-state index is 12.9. The minimum absolute atomic E-state index is 0.0957. The number of piperazine rings is 1. The van der Waals surface area contributed by atoms with Crippen LogP contribution in [0.15, 0.2) is 71.9 Å². The number of anilines is 1. The Morgan fingerprint density at radius 2 is 1.67 bits per heavy atom. The van der Waals surface area contributed by atoms with Gasteiger partial charge in [-0.2, -0.15) is 0 Å². The lowest BCUT2D eigenvalue weighted by Crippen LogP contribution is -2.48. The van der Waals surface area contributed by atoms with Gasteiger partial charge in [0.25, 0.3) is 0 Å². The van der Waals surface area contributed by atoms with E-state index in [0.29, 0.717) is 55.1 Å². The fourth-order valence-corrected chi connectivity index (χ4v) is 5.07.